The summed E-state index contributed by atoms with van der Waals surface area (Å²) in [6.07, 6.45) is 5.69. The van der Waals surface area contributed by atoms with E-state index in [1.807, 2.05) is 30.3 Å². The molecule has 3 heteroatoms. The number of hydrogen-bond acceptors (Lipinski definition) is 3. The number of rotatable bonds is 3. The molecule has 2 rings (SSSR count). The van der Waals surface area contributed by atoms with Gasteiger partial charge in [-0.3, -0.25) is 5.21 Å². The van der Waals surface area contributed by atoms with Crippen LogP contribution >= 0.6 is 0 Å². The van der Waals surface area contributed by atoms with E-state index in [-0.39, 0.29) is 0 Å². The lowest BCUT2D eigenvalue weighted by atomic mass is 9.84. The van der Waals surface area contributed by atoms with Crippen molar-refractivity contribution in [3.8, 4) is 6.07 Å². The Labute approximate surface area is 102 Å². The Morgan fingerprint density at radius 3 is 2.41 bits per heavy atom. The molecule has 1 aromatic rings. The third kappa shape index (κ3) is 2.78. The van der Waals surface area contributed by atoms with E-state index in [9.17, 15) is 10.5 Å². The van der Waals surface area contributed by atoms with Crippen molar-refractivity contribution in [2.75, 3.05) is 5.06 Å². The number of nitriles is 1. The highest BCUT2D eigenvalue weighted by Gasteiger charge is 2.28. The number of benzene rings is 1. The first-order valence-corrected chi connectivity index (χ1v) is 6.25. The molecule has 1 aliphatic rings. The Morgan fingerprint density at radius 2 is 1.82 bits per heavy atom. The summed E-state index contributed by atoms with van der Waals surface area (Å²) < 4.78 is 0. The lowest BCUT2D eigenvalue weighted by molar-refractivity contribution is 0.185. The van der Waals surface area contributed by atoms with Crippen LogP contribution in [0.5, 0.6) is 0 Å². The molecule has 1 N–H and O–H groups in total. The van der Waals surface area contributed by atoms with Crippen molar-refractivity contribution >= 4 is 5.69 Å². The molecule has 3 nitrogen and oxygen atoms in total. The van der Waals surface area contributed by atoms with Crippen LogP contribution in [0.25, 0.3) is 0 Å². The normalized spacial score (nSPS) is 18.4. The zero-order chi connectivity index (χ0) is 12.1. The van der Waals surface area contributed by atoms with Gasteiger partial charge in [0.15, 0.2) is 0 Å². The molecule has 0 radical (unpaired) electrons. The van der Waals surface area contributed by atoms with Crippen molar-refractivity contribution in [3.63, 3.8) is 0 Å². The van der Waals surface area contributed by atoms with E-state index in [1.54, 1.807) is 0 Å². The Kier molecular flexibility index (Phi) is 4.00. The second-order valence-electron chi connectivity index (χ2n) is 4.65. The summed E-state index contributed by atoms with van der Waals surface area (Å²) in [4.78, 5) is 0. The first-order valence-electron chi connectivity index (χ1n) is 6.25. The molecule has 0 amide bonds. The zero-order valence-corrected chi connectivity index (χ0v) is 9.92. The third-order valence-electron chi connectivity index (χ3n) is 3.51. The van der Waals surface area contributed by atoms with E-state index in [0.29, 0.717) is 11.6 Å². The molecule has 0 saturated heterocycles. The molecule has 90 valence electrons. The van der Waals surface area contributed by atoms with Gasteiger partial charge in [0.05, 0.1) is 11.8 Å². The smallest absolute Gasteiger partial charge is 0.145 e. The average molecular weight is 230 g/mol. The summed E-state index contributed by atoms with van der Waals surface area (Å²) in [6.45, 7) is 0. The first-order chi connectivity index (χ1) is 8.33. The van der Waals surface area contributed by atoms with Crippen LogP contribution in [0.1, 0.15) is 32.1 Å². The topological polar surface area (TPSA) is 47.3 Å². The maximum absolute atomic E-state index is 10.1. The minimum absolute atomic E-state index is 0.291. The van der Waals surface area contributed by atoms with Crippen molar-refractivity contribution in [3.05, 3.63) is 30.3 Å². The minimum Gasteiger partial charge on any atom is -0.287 e. The molecule has 0 heterocycles. The predicted molar refractivity (Wildman–Crippen MR) is 66.7 cm³/mol. The zero-order valence-electron chi connectivity index (χ0n) is 9.92. The number of hydrogen-bond donors (Lipinski definition) is 1. The van der Waals surface area contributed by atoms with Gasteiger partial charge in [-0.25, -0.2) is 5.06 Å². The van der Waals surface area contributed by atoms with Crippen molar-refractivity contribution in [1.29, 1.82) is 5.26 Å². The van der Waals surface area contributed by atoms with Crippen molar-refractivity contribution in [2.24, 2.45) is 5.92 Å². The van der Waals surface area contributed by atoms with Crippen LogP contribution in [0.15, 0.2) is 30.3 Å². The van der Waals surface area contributed by atoms with Gasteiger partial charge in [0, 0.05) is 0 Å². The standard InChI is InChI=1S/C14H18N2O/c15-11-14(12-7-3-1-4-8-12)16(17)13-9-5-2-6-10-13/h2,5-6,9-10,12,14,17H,1,3-4,7-8H2. The monoisotopic (exact) mass is 230 g/mol. The van der Waals surface area contributed by atoms with Gasteiger partial charge in [0.25, 0.3) is 0 Å². The molecule has 0 aliphatic heterocycles. The highest BCUT2D eigenvalue weighted by molar-refractivity contribution is 5.45. The van der Waals surface area contributed by atoms with Crippen LogP contribution in [0.4, 0.5) is 5.69 Å². The van der Waals surface area contributed by atoms with E-state index in [2.05, 4.69) is 6.07 Å². The molecule has 0 spiro atoms. The van der Waals surface area contributed by atoms with E-state index < -0.39 is 6.04 Å². The van der Waals surface area contributed by atoms with E-state index >= 15 is 0 Å². The van der Waals surface area contributed by atoms with Crippen LogP contribution in [-0.2, 0) is 0 Å². The molecular weight excluding hydrogens is 212 g/mol. The number of anilines is 1. The predicted octanol–water partition coefficient (Wildman–Crippen LogP) is 3.35. The number of para-hydroxylation sites is 1. The van der Waals surface area contributed by atoms with E-state index in [1.165, 1.54) is 19.3 Å². The molecule has 17 heavy (non-hydrogen) atoms. The molecule has 1 aliphatic carbocycles. The van der Waals surface area contributed by atoms with Gasteiger partial charge in [-0.1, -0.05) is 37.5 Å². The van der Waals surface area contributed by atoms with Crippen molar-refractivity contribution in [1.82, 2.24) is 0 Å². The van der Waals surface area contributed by atoms with Gasteiger partial charge in [-0.15, -0.1) is 0 Å². The number of hydroxylamine groups is 1. The van der Waals surface area contributed by atoms with Crippen LogP contribution in [-0.4, -0.2) is 11.2 Å². The summed E-state index contributed by atoms with van der Waals surface area (Å²) in [6, 6.07) is 11.1. The third-order valence-corrected chi connectivity index (χ3v) is 3.51. The first kappa shape index (κ1) is 11.9. The maximum Gasteiger partial charge on any atom is 0.145 e. The largest absolute Gasteiger partial charge is 0.287 e. The highest BCUT2D eigenvalue weighted by Crippen LogP contribution is 2.30. The quantitative estimate of drug-likeness (QED) is 0.810. The van der Waals surface area contributed by atoms with Gasteiger partial charge in [0.2, 0.25) is 0 Å². The highest BCUT2D eigenvalue weighted by atomic mass is 16.5. The maximum atomic E-state index is 10.1. The average Bonchev–Trinajstić information content (AvgIpc) is 2.42. The van der Waals surface area contributed by atoms with Crippen LogP contribution in [0, 0.1) is 17.2 Å². The fraction of sp³-hybridized carbons (Fsp3) is 0.500. The van der Waals surface area contributed by atoms with Gasteiger partial charge in [-0.2, -0.15) is 5.26 Å². The lowest BCUT2D eigenvalue weighted by Gasteiger charge is -2.31. The second kappa shape index (κ2) is 5.70. The molecular formula is C14H18N2O. The van der Waals surface area contributed by atoms with Gasteiger partial charge in [-0.05, 0) is 30.9 Å². The van der Waals surface area contributed by atoms with E-state index in [0.717, 1.165) is 17.9 Å². The summed E-state index contributed by atoms with van der Waals surface area (Å²) in [5.74, 6) is 0.291. The fourth-order valence-electron chi connectivity index (χ4n) is 2.55. The van der Waals surface area contributed by atoms with Gasteiger partial charge in [0.1, 0.15) is 6.04 Å². The molecule has 0 aromatic heterocycles. The Hall–Kier alpha value is -1.53. The Balaban J connectivity index is 2.10. The number of nitrogens with zero attached hydrogens (tertiary/aromatic N) is 2. The molecule has 1 unspecified atom stereocenters. The molecule has 1 fully saturated rings. The fourth-order valence-corrected chi connectivity index (χ4v) is 2.55. The van der Waals surface area contributed by atoms with Gasteiger partial charge >= 0.3 is 0 Å². The summed E-state index contributed by atoms with van der Waals surface area (Å²) in [5.41, 5.74) is 0.699. The molecule has 1 saturated carbocycles. The van der Waals surface area contributed by atoms with Gasteiger partial charge < -0.3 is 0 Å². The molecule has 1 atom stereocenters. The molecule has 0 bridgehead atoms. The van der Waals surface area contributed by atoms with Crippen LogP contribution in [0.2, 0.25) is 0 Å². The van der Waals surface area contributed by atoms with Crippen molar-refractivity contribution in [2.45, 2.75) is 38.1 Å². The van der Waals surface area contributed by atoms with Crippen LogP contribution < -0.4 is 5.06 Å². The SMILES string of the molecule is N#CC(C1CCCCC1)N(O)c1ccccc1. The molecule has 1 aromatic carbocycles. The lowest BCUT2D eigenvalue weighted by Crippen LogP contribution is -2.38. The van der Waals surface area contributed by atoms with Crippen molar-refractivity contribution < 1.29 is 5.21 Å². The summed E-state index contributed by atoms with van der Waals surface area (Å²) in [5, 5.41) is 20.5. The van der Waals surface area contributed by atoms with Crippen LogP contribution in [0.3, 0.4) is 0 Å². The summed E-state index contributed by atoms with van der Waals surface area (Å²) >= 11 is 0. The summed E-state index contributed by atoms with van der Waals surface area (Å²) in [7, 11) is 0. The minimum atomic E-state index is -0.419. The Morgan fingerprint density at radius 1 is 1.18 bits per heavy atom. The second-order valence-corrected chi connectivity index (χ2v) is 4.65. The van der Waals surface area contributed by atoms with E-state index in [4.69, 9.17) is 0 Å². The Bertz CT molecular complexity index is 379.